The van der Waals surface area contributed by atoms with Gasteiger partial charge < -0.3 is 9.47 Å². The van der Waals surface area contributed by atoms with Gasteiger partial charge in [0.25, 0.3) is 0 Å². The Bertz CT molecular complexity index is 240. The summed E-state index contributed by atoms with van der Waals surface area (Å²) in [4.78, 5) is 0. The highest BCUT2D eigenvalue weighted by atomic mass is 16.7. The Morgan fingerprint density at radius 2 is 1.77 bits per heavy atom. The smallest absolute Gasteiger partial charge is 0.158 e. The highest BCUT2D eigenvalue weighted by Crippen LogP contribution is 2.11. The van der Waals surface area contributed by atoms with Gasteiger partial charge in [-0.3, -0.25) is 0 Å². The molecular formula is C11H14O2. The molecular weight excluding hydrogens is 164 g/mol. The van der Waals surface area contributed by atoms with E-state index in [1.165, 1.54) is 5.56 Å². The Balaban J connectivity index is 1.79. The van der Waals surface area contributed by atoms with Crippen molar-refractivity contribution in [3.8, 4) is 0 Å². The molecule has 1 fully saturated rings. The lowest BCUT2D eigenvalue weighted by atomic mass is 10.1. The number of benzene rings is 1. The van der Waals surface area contributed by atoms with Gasteiger partial charge in [0.1, 0.15) is 0 Å². The Morgan fingerprint density at radius 3 is 2.46 bits per heavy atom. The molecule has 2 heteroatoms. The molecule has 1 saturated heterocycles. The molecule has 0 N–H and O–H groups in total. The van der Waals surface area contributed by atoms with Crippen LogP contribution in [0.25, 0.3) is 0 Å². The molecule has 0 atom stereocenters. The van der Waals surface area contributed by atoms with E-state index in [1.807, 2.05) is 6.07 Å². The third-order valence-electron chi connectivity index (χ3n) is 2.20. The van der Waals surface area contributed by atoms with E-state index in [1.54, 1.807) is 0 Å². The van der Waals surface area contributed by atoms with Gasteiger partial charge in [-0.1, -0.05) is 30.3 Å². The van der Waals surface area contributed by atoms with Crippen LogP contribution in [0.2, 0.25) is 0 Å². The minimum atomic E-state index is 0.0280. The Labute approximate surface area is 78.5 Å². The maximum atomic E-state index is 5.35. The molecule has 0 spiro atoms. The van der Waals surface area contributed by atoms with E-state index in [-0.39, 0.29) is 6.29 Å². The summed E-state index contributed by atoms with van der Waals surface area (Å²) in [5, 5.41) is 0. The minimum Gasteiger partial charge on any atom is -0.350 e. The molecule has 13 heavy (non-hydrogen) atoms. The number of hydrogen-bond acceptors (Lipinski definition) is 2. The van der Waals surface area contributed by atoms with Crippen molar-refractivity contribution in [2.24, 2.45) is 0 Å². The van der Waals surface area contributed by atoms with Crippen molar-refractivity contribution in [1.82, 2.24) is 0 Å². The molecule has 2 nitrogen and oxygen atoms in total. The molecule has 0 amide bonds. The van der Waals surface area contributed by atoms with Gasteiger partial charge in [0.15, 0.2) is 6.29 Å². The molecule has 0 bridgehead atoms. The van der Waals surface area contributed by atoms with E-state index in [9.17, 15) is 0 Å². The zero-order chi connectivity index (χ0) is 8.93. The average Bonchev–Trinajstić information content (AvgIpc) is 2.69. The molecule has 70 valence electrons. The highest BCUT2D eigenvalue weighted by molar-refractivity contribution is 5.14. The molecule has 0 unspecified atom stereocenters. The van der Waals surface area contributed by atoms with Crippen LogP contribution in [-0.2, 0) is 15.9 Å². The number of rotatable bonds is 3. The highest BCUT2D eigenvalue weighted by Gasteiger charge is 2.14. The standard InChI is InChI=1S/C11H14O2/c1-2-4-10(5-3-1)6-7-11-12-8-9-13-11/h1-5,11H,6-9H2. The summed E-state index contributed by atoms with van der Waals surface area (Å²) in [5.74, 6) is 0. The van der Waals surface area contributed by atoms with Crippen molar-refractivity contribution in [2.75, 3.05) is 13.2 Å². The quantitative estimate of drug-likeness (QED) is 0.704. The summed E-state index contributed by atoms with van der Waals surface area (Å²) in [6.45, 7) is 1.50. The van der Waals surface area contributed by atoms with Gasteiger partial charge >= 0.3 is 0 Å². The molecule has 1 aliphatic heterocycles. The van der Waals surface area contributed by atoms with Crippen LogP contribution in [0, 0.1) is 0 Å². The maximum Gasteiger partial charge on any atom is 0.158 e. The van der Waals surface area contributed by atoms with Crippen molar-refractivity contribution in [1.29, 1.82) is 0 Å². The third kappa shape index (κ3) is 2.54. The largest absolute Gasteiger partial charge is 0.350 e. The average molecular weight is 178 g/mol. The van der Waals surface area contributed by atoms with Crippen LogP contribution in [0.4, 0.5) is 0 Å². The van der Waals surface area contributed by atoms with Crippen molar-refractivity contribution < 1.29 is 9.47 Å². The zero-order valence-corrected chi connectivity index (χ0v) is 7.61. The van der Waals surface area contributed by atoms with Crippen molar-refractivity contribution in [3.05, 3.63) is 35.9 Å². The second-order valence-electron chi connectivity index (χ2n) is 3.20. The van der Waals surface area contributed by atoms with Gasteiger partial charge in [0, 0.05) is 6.42 Å². The molecule has 0 saturated carbocycles. The van der Waals surface area contributed by atoms with Crippen LogP contribution >= 0.6 is 0 Å². The fraction of sp³-hybridized carbons (Fsp3) is 0.455. The first-order valence-electron chi connectivity index (χ1n) is 4.72. The summed E-state index contributed by atoms with van der Waals surface area (Å²) in [6, 6.07) is 10.4. The molecule has 1 aromatic carbocycles. The first-order valence-corrected chi connectivity index (χ1v) is 4.72. The fourth-order valence-corrected chi connectivity index (χ4v) is 1.50. The normalized spacial score (nSPS) is 17.8. The zero-order valence-electron chi connectivity index (χ0n) is 7.61. The van der Waals surface area contributed by atoms with Crippen LogP contribution in [0.3, 0.4) is 0 Å². The monoisotopic (exact) mass is 178 g/mol. The maximum absolute atomic E-state index is 5.35. The van der Waals surface area contributed by atoms with E-state index in [4.69, 9.17) is 9.47 Å². The molecule has 1 aliphatic rings. The van der Waals surface area contributed by atoms with Gasteiger partial charge in [-0.05, 0) is 12.0 Å². The Hall–Kier alpha value is -0.860. The predicted octanol–water partition coefficient (Wildman–Crippen LogP) is 1.99. The first kappa shape index (κ1) is 8.73. The predicted molar refractivity (Wildman–Crippen MR) is 50.5 cm³/mol. The van der Waals surface area contributed by atoms with E-state index >= 15 is 0 Å². The third-order valence-corrected chi connectivity index (χ3v) is 2.20. The lowest BCUT2D eigenvalue weighted by molar-refractivity contribution is -0.0461. The Morgan fingerprint density at radius 1 is 1.08 bits per heavy atom. The number of ether oxygens (including phenoxy) is 2. The lowest BCUT2D eigenvalue weighted by Gasteiger charge is -2.07. The molecule has 0 aromatic heterocycles. The summed E-state index contributed by atoms with van der Waals surface area (Å²) in [7, 11) is 0. The van der Waals surface area contributed by atoms with Gasteiger partial charge in [-0.25, -0.2) is 0 Å². The van der Waals surface area contributed by atoms with E-state index in [2.05, 4.69) is 24.3 Å². The summed E-state index contributed by atoms with van der Waals surface area (Å²) in [5.41, 5.74) is 1.35. The molecule has 0 aliphatic carbocycles. The van der Waals surface area contributed by atoms with Crippen molar-refractivity contribution >= 4 is 0 Å². The summed E-state index contributed by atoms with van der Waals surface area (Å²) < 4.78 is 10.7. The SMILES string of the molecule is c1ccc(CCC2OCCO2)cc1. The van der Waals surface area contributed by atoms with Crippen LogP contribution < -0.4 is 0 Å². The van der Waals surface area contributed by atoms with Crippen LogP contribution in [0.15, 0.2) is 30.3 Å². The Kier molecular flexibility index (Phi) is 2.95. The number of aryl methyl sites for hydroxylation is 1. The van der Waals surface area contributed by atoms with Gasteiger partial charge in [-0.15, -0.1) is 0 Å². The van der Waals surface area contributed by atoms with Crippen LogP contribution in [0.5, 0.6) is 0 Å². The van der Waals surface area contributed by atoms with Gasteiger partial charge in [0.05, 0.1) is 13.2 Å². The van der Waals surface area contributed by atoms with E-state index < -0.39 is 0 Å². The van der Waals surface area contributed by atoms with E-state index in [0.29, 0.717) is 0 Å². The summed E-state index contributed by atoms with van der Waals surface area (Å²) >= 11 is 0. The molecule has 1 aromatic rings. The number of hydrogen-bond donors (Lipinski definition) is 0. The van der Waals surface area contributed by atoms with Gasteiger partial charge in [0.2, 0.25) is 0 Å². The summed E-state index contributed by atoms with van der Waals surface area (Å²) in [6.07, 6.45) is 2.02. The molecule has 0 radical (unpaired) electrons. The molecule has 2 rings (SSSR count). The second-order valence-corrected chi connectivity index (χ2v) is 3.20. The van der Waals surface area contributed by atoms with E-state index in [0.717, 1.165) is 26.1 Å². The second kappa shape index (κ2) is 4.40. The van der Waals surface area contributed by atoms with Crippen molar-refractivity contribution in [2.45, 2.75) is 19.1 Å². The van der Waals surface area contributed by atoms with Crippen LogP contribution in [-0.4, -0.2) is 19.5 Å². The van der Waals surface area contributed by atoms with Crippen molar-refractivity contribution in [3.63, 3.8) is 0 Å². The topological polar surface area (TPSA) is 18.5 Å². The van der Waals surface area contributed by atoms with Gasteiger partial charge in [-0.2, -0.15) is 0 Å². The molecule has 1 heterocycles. The minimum absolute atomic E-state index is 0.0280. The fourth-order valence-electron chi connectivity index (χ4n) is 1.50. The first-order chi connectivity index (χ1) is 6.45. The van der Waals surface area contributed by atoms with Crippen LogP contribution in [0.1, 0.15) is 12.0 Å². The lowest BCUT2D eigenvalue weighted by Crippen LogP contribution is -2.08.